The number of likely N-dealkylation sites (N-methyl/N-ethyl adjacent to an activating group) is 1. The lowest BCUT2D eigenvalue weighted by molar-refractivity contribution is -0.134. The fourth-order valence-electron chi connectivity index (χ4n) is 2.81. The van der Waals surface area contributed by atoms with E-state index in [-0.39, 0.29) is 29.0 Å². The summed E-state index contributed by atoms with van der Waals surface area (Å²) in [4.78, 5) is 37.9. The number of ether oxygens (including phenoxy) is 1. The van der Waals surface area contributed by atoms with Crippen LogP contribution in [-0.4, -0.2) is 68.1 Å². The number of nitrogens with zero attached hydrogens (tertiary/aromatic N) is 1. The van der Waals surface area contributed by atoms with E-state index >= 15 is 0 Å². The molecule has 1 fully saturated rings. The Labute approximate surface area is 155 Å². The molecule has 0 radical (unpaired) electrons. The van der Waals surface area contributed by atoms with Crippen molar-refractivity contribution in [2.45, 2.75) is 17.4 Å². The highest BCUT2D eigenvalue weighted by Gasteiger charge is 2.33. The largest absolute Gasteiger partial charge is 0.452 e. The number of amides is 2. The van der Waals surface area contributed by atoms with Crippen LogP contribution < -0.4 is 5.32 Å². The Morgan fingerprint density at radius 1 is 1.38 bits per heavy atom. The molecule has 1 atom stereocenters. The van der Waals surface area contributed by atoms with Gasteiger partial charge in [-0.15, -0.1) is 11.8 Å². The standard InChI is InChI=1S/C16H18N2O6S2/c1-18(11-4-5-26(22,23)9-11)15(20)7-24-16(21)10-2-3-13-12(6-10)17-14(19)8-25-13/h2-3,6,11H,4-5,7-9H2,1H3,(H,17,19)/t11-/m1/s1. The molecule has 1 aromatic rings. The van der Waals surface area contributed by atoms with Crippen molar-refractivity contribution in [1.29, 1.82) is 0 Å². The first-order valence-electron chi connectivity index (χ1n) is 7.95. The maximum absolute atomic E-state index is 12.2. The van der Waals surface area contributed by atoms with Crippen LogP contribution in [0.3, 0.4) is 0 Å². The third kappa shape index (κ3) is 4.18. The molecule has 1 aromatic carbocycles. The minimum atomic E-state index is -3.10. The van der Waals surface area contributed by atoms with Crippen molar-refractivity contribution in [3.05, 3.63) is 23.8 Å². The maximum Gasteiger partial charge on any atom is 0.338 e. The maximum atomic E-state index is 12.2. The molecule has 0 aromatic heterocycles. The number of thioether (sulfide) groups is 1. The monoisotopic (exact) mass is 398 g/mol. The molecule has 0 spiro atoms. The summed E-state index contributed by atoms with van der Waals surface area (Å²) in [5, 5.41) is 2.68. The molecule has 140 valence electrons. The van der Waals surface area contributed by atoms with Crippen LogP contribution in [0.2, 0.25) is 0 Å². The summed E-state index contributed by atoms with van der Waals surface area (Å²) in [6.07, 6.45) is 0.390. The number of carbonyl (C=O) groups excluding carboxylic acids is 3. The summed E-state index contributed by atoms with van der Waals surface area (Å²) >= 11 is 1.38. The highest BCUT2D eigenvalue weighted by atomic mass is 32.2. The van der Waals surface area contributed by atoms with Gasteiger partial charge in [-0.2, -0.15) is 0 Å². The van der Waals surface area contributed by atoms with E-state index in [1.165, 1.54) is 29.8 Å². The summed E-state index contributed by atoms with van der Waals surface area (Å²) in [6, 6.07) is 4.41. The van der Waals surface area contributed by atoms with Crippen molar-refractivity contribution in [2.75, 3.05) is 36.2 Å². The van der Waals surface area contributed by atoms with Crippen LogP contribution in [0.15, 0.2) is 23.1 Å². The number of rotatable bonds is 4. The number of anilines is 1. The lowest BCUT2D eigenvalue weighted by Gasteiger charge is -2.23. The summed E-state index contributed by atoms with van der Waals surface area (Å²) in [6.45, 7) is -0.468. The summed E-state index contributed by atoms with van der Waals surface area (Å²) in [7, 11) is -1.59. The number of carbonyl (C=O) groups is 3. The van der Waals surface area contributed by atoms with Gasteiger partial charge < -0.3 is 15.0 Å². The van der Waals surface area contributed by atoms with Crippen molar-refractivity contribution in [1.82, 2.24) is 4.90 Å². The summed E-state index contributed by atoms with van der Waals surface area (Å²) in [5.74, 6) is -0.953. The summed E-state index contributed by atoms with van der Waals surface area (Å²) in [5.41, 5.74) is 0.769. The van der Waals surface area contributed by atoms with Gasteiger partial charge in [0.15, 0.2) is 16.4 Å². The molecule has 2 amide bonds. The van der Waals surface area contributed by atoms with Gasteiger partial charge in [0.05, 0.1) is 28.5 Å². The van der Waals surface area contributed by atoms with Crippen LogP contribution in [0.1, 0.15) is 16.8 Å². The van der Waals surface area contributed by atoms with Gasteiger partial charge in [-0.05, 0) is 24.6 Å². The van der Waals surface area contributed by atoms with E-state index in [1.54, 1.807) is 12.1 Å². The van der Waals surface area contributed by atoms with Crippen LogP contribution in [0.4, 0.5) is 5.69 Å². The predicted octanol–water partition coefficient (Wildman–Crippen LogP) is 0.533. The molecule has 1 saturated heterocycles. The Kier molecular flexibility index (Phi) is 5.24. The normalized spacial score (nSPS) is 20.8. The van der Waals surface area contributed by atoms with Crippen molar-refractivity contribution < 1.29 is 27.5 Å². The second-order valence-electron chi connectivity index (χ2n) is 6.19. The molecule has 0 bridgehead atoms. The number of hydrogen-bond donors (Lipinski definition) is 1. The molecule has 1 N–H and O–H groups in total. The fraction of sp³-hybridized carbons (Fsp3) is 0.438. The van der Waals surface area contributed by atoms with Gasteiger partial charge in [0.1, 0.15) is 0 Å². The summed E-state index contributed by atoms with van der Waals surface area (Å²) < 4.78 is 28.1. The molecule has 8 nitrogen and oxygen atoms in total. The van der Waals surface area contributed by atoms with E-state index in [4.69, 9.17) is 4.74 Å². The molecular formula is C16H18N2O6S2. The first-order chi connectivity index (χ1) is 12.2. The number of esters is 1. The van der Waals surface area contributed by atoms with Crippen molar-refractivity contribution in [3.63, 3.8) is 0 Å². The van der Waals surface area contributed by atoms with E-state index in [0.717, 1.165) is 4.90 Å². The fourth-order valence-corrected chi connectivity index (χ4v) is 5.37. The zero-order valence-corrected chi connectivity index (χ0v) is 15.7. The number of sulfone groups is 1. The van der Waals surface area contributed by atoms with Crippen LogP contribution in [0.25, 0.3) is 0 Å². The zero-order valence-electron chi connectivity index (χ0n) is 14.1. The second-order valence-corrected chi connectivity index (χ2v) is 9.43. The van der Waals surface area contributed by atoms with E-state index < -0.39 is 28.3 Å². The predicted molar refractivity (Wildman–Crippen MR) is 95.9 cm³/mol. The minimum absolute atomic E-state index is 0.0634. The Morgan fingerprint density at radius 3 is 2.85 bits per heavy atom. The topological polar surface area (TPSA) is 110 Å². The minimum Gasteiger partial charge on any atom is -0.452 e. The van der Waals surface area contributed by atoms with Gasteiger partial charge in [0, 0.05) is 18.0 Å². The molecule has 10 heteroatoms. The Hall–Kier alpha value is -2.07. The second kappa shape index (κ2) is 7.28. The van der Waals surface area contributed by atoms with E-state index in [1.807, 2.05) is 0 Å². The molecule has 26 heavy (non-hydrogen) atoms. The van der Waals surface area contributed by atoms with E-state index in [9.17, 15) is 22.8 Å². The highest BCUT2D eigenvalue weighted by molar-refractivity contribution is 8.00. The first kappa shape index (κ1) is 18.7. The first-order valence-corrected chi connectivity index (χ1v) is 10.8. The zero-order chi connectivity index (χ0) is 18.9. The quantitative estimate of drug-likeness (QED) is 0.737. The SMILES string of the molecule is CN(C(=O)COC(=O)c1ccc2c(c1)NC(=O)CS2)[C@@H]1CCS(=O)(=O)C1. The molecule has 0 unspecified atom stereocenters. The van der Waals surface area contributed by atoms with Gasteiger partial charge in [0.2, 0.25) is 5.91 Å². The van der Waals surface area contributed by atoms with Gasteiger partial charge >= 0.3 is 5.97 Å². The molecule has 2 heterocycles. The van der Waals surface area contributed by atoms with Crippen LogP contribution in [0.5, 0.6) is 0 Å². The molecule has 2 aliphatic rings. The van der Waals surface area contributed by atoms with E-state index in [0.29, 0.717) is 17.9 Å². The number of hydrogen-bond acceptors (Lipinski definition) is 7. The number of fused-ring (bicyclic) bond motifs is 1. The molecule has 2 aliphatic heterocycles. The Balaban J connectivity index is 1.58. The van der Waals surface area contributed by atoms with Gasteiger partial charge in [-0.3, -0.25) is 9.59 Å². The van der Waals surface area contributed by atoms with Crippen LogP contribution >= 0.6 is 11.8 Å². The van der Waals surface area contributed by atoms with Crippen LogP contribution in [-0.2, 0) is 24.2 Å². The Morgan fingerprint density at radius 2 is 2.15 bits per heavy atom. The van der Waals surface area contributed by atoms with Crippen molar-refractivity contribution >= 4 is 45.1 Å². The van der Waals surface area contributed by atoms with Gasteiger partial charge in [0.25, 0.3) is 5.91 Å². The Bertz CT molecular complexity index is 867. The third-order valence-corrected chi connectivity index (χ3v) is 7.15. The highest BCUT2D eigenvalue weighted by Crippen LogP contribution is 2.32. The average molecular weight is 398 g/mol. The smallest absolute Gasteiger partial charge is 0.338 e. The van der Waals surface area contributed by atoms with Crippen LogP contribution in [0, 0.1) is 0 Å². The molecule has 3 rings (SSSR count). The average Bonchev–Trinajstić information content (AvgIpc) is 2.97. The molecule has 0 aliphatic carbocycles. The van der Waals surface area contributed by atoms with Crippen molar-refractivity contribution in [3.8, 4) is 0 Å². The lowest BCUT2D eigenvalue weighted by Crippen LogP contribution is -2.40. The number of benzene rings is 1. The van der Waals surface area contributed by atoms with Gasteiger partial charge in [-0.25, -0.2) is 13.2 Å². The molecular weight excluding hydrogens is 380 g/mol. The molecule has 0 saturated carbocycles. The third-order valence-electron chi connectivity index (χ3n) is 4.32. The van der Waals surface area contributed by atoms with Crippen molar-refractivity contribution in [2.24, 2.45) is 0 Å². The lowest BCUT2D eigenvalue weighted by atomic mass is 10.2. The van der Waals surface area contributed by atoms with Gasteiger partial charge in [-0.1, -0.05) is 0 Å². The number of nitrogens with one attached hydrogen (secondary N) is 1. The van der Waals surface area contributed by atoms with E-state index in [2.05, 4.69) is 5.32 Å².